The second-order valence-electron chi connectivity index (χ2n) is 8.80. The summed E-state index contributed by atoms with van der Waals surface area (Å²) >= 11 is 0. The summed E-state index contributed by atoms with van der Waals surface area (Å²) in [5.41, 5.74) is -0.140. The maximum Gasteiger partial charge on any atom is 0.193 e. The minimum absolute atomic E-state index is 0.140. The molecule has 0 bridgehead atoms. The summed E-state index contributed by atoms with van der Waals surface area (Å²) in [5, 5.41) is 13.9. The molecule has 0 aromatic heterocycles. The van der Waals surface area contributed by atoms with Crippen molar-refractivity contribution in [2.24, 2.45) is 10.4 Å². The maximum atomic E-state index is 12.8. The summed E-state index contributed by atoms with van der Waals surface area (Å²) in [4.78, 5) is 6.56. The first-order chi connectivity index (χ1) is 12.3. The molecule has 6 nitrogen and oxygen atoms in total. The molecular weight excluding hydrogens is 350 g/mol. The lowest BCUT2D eigenvalue weighted by Gasteiger charge is -2.46. The molecule has 1 aliphatic heterocycles. The highest BCUT2D eigenvalue weighted by molar-refractivity contribution is 7.92. The number of nitrogens with one attached hydrogen (secondary N) is 1. The monoisotopic (exact) mass is 385 g/mol. The maximum absolute atomic E-state index is 12.8. The summed E-state index contributed by atoms with van der Waals surface area (Å²) < 4.78 is 25.0. The Bertz CT molecular complexity index is 628. The van der Waals surface area contributed by atoms with E-state index in [1.165, 1.54) is 0 Å². The van der Waals surface area contributed by atoms with Crippen molar-refractivity contribution >= 4 is 15.8 Å². The number of hydrogen-bond acceptors (Lipinski definition) is 4. The van der Waals surface area contributed by atoms with Crippen molar-refractivity contribution in [3.05, 3.63) is 0 Å². The van der Waals surface area contributed by atoms with Crippen LogP contribution < -0.4 is 5.32 Å². The SMILES string of the molecule is CN=C(NCC1(C)CCCCC1O)N1CCS(=O)(=O)C2(CCCCC2)C1. The molecule has 2 unspecified atom stereocenters. The number of aliphatic imine (C=N–C) groups is 1. The molecule has 0 aromatic rings. The summed E-state index contributed by atoms with van der Waals surface area (Å²) in [5.74, 6) is 0.997. The Hall–Kier alpha value is -0.820. The van der Waals surface area contributed by atoms with Crippen LogP contribution in [0.25, 0.3) is 0 Å². The normalized spacial score (nSPS) is 34.7. The van der Waals surface area contributed by atoms with E-state index in [1.807, 2.05) is 0 Å². The number of aliphatic hydroxyl groups excluding tert-OH is 1. The Kier molecular flexibility index (Phi) is 5.87. The van der Waals surface area contributed by atoms with Gasteiger partial charge in [0.25, 0.3) is 0 Å². The lowest BCUT2D eigenvalue weighted by atomic mass is 9.73. The van der Waals surface area contributed by atoms with Crippen LogP contribution in [-0.4, -0.2) is 67.7 Å². The topological polar surface area (TPSA) is 82.0 Å². The Morgan fingerprint density at radius 2 is 1.88 bits per heavy atom. The molecule has 2 aliphatic carbocycles. The van der Waals surface area contributed by atoms with Crippen LogP contribution in [0.4, 0.5) is 0 Å². The van der Waals surface area contributed by atoms with Crippen molar-refractivity contribution in [3.63, 3.8) is 0 Å². The number of nitrogens with zero attached hydrogens (tertiary/aromatic N) is 2. The van der Waals surface area contributed by atoms with Gasteiger partial charge in [0, 0.05) is 32.1 Å². The summed E-state index contributed by atoms with van der Waals surface area (Å²) in [7, 11) is -1.28. The summed E-state index contributed by atoms with van der Waals surface area (Å²) in [6.45, 7) is 3.87. The molecule has 3 fully saturated rings. The first-order valence-electron chi connectivity index (χ1n) is 10.2. The fourth-order valence-electron chi connectivity index (χ4n) is 5.02. The molecule has 2 N–H and O–H groups in total. The third-order valence-electron chi connectivity index (χ3n) is 6.98. The van der Waals surface area contributed by atoms with Crippen molar-refractivity contribution in [2.75, 3.05) is 32.4 Å². The van der Waals surface area contributed by atoms with Crippen LogP contribution in [0.1, 0.15) is 64.7 Å². The van der Waals surface area contributed by atoms with Crippen molar-refractivity contribution in [2.45, 2.75) is 75.6 Å². The molecule has 0 radical (unpaired) electrons. The molecule has 1 saturated heterocycles. The van der Waals surface area contributed by atoms with Gasteiger partial charge in [0.15, 0.2) is 15.8 Å². The molecule has 3 aliphatic rings. The molecule has 3 rings (SSSR count). The number of sulfone groups is 1. The Morgan fingerprint density at radius 3 is 2.54 bits per heavy atom. The zero-order chi connectivity index (χ0) is 18.8. The second-order valence-corrected chi connectivity index (χ2v) is 11.3. The Morgan fingerprint density at radius 1 is 1.19 bits per heavy atom. The van der Waals surface area contributed by atoms with E-state index >= 15 is 0 Å². The molecule has 1 heterocycles. The van der Waals surface area contributed by atoms with Crippen molar-refractivity contribution < 1.29 is 13.5 Å². The van der Waals surface area contributed by atoms with Gasteiger partial charge >= 0.3 is 0 Å². The Balaban J connectivity index is 1.68. The molecule has 2 atom stereocenters. The molecule has 7 heteroatoms. The van der Waals surface area contributed by atoms with Crippen molar-refractivity contribution in [3.8, 4) is 0 Å². The fourth-order valence-corrected chi connectivity index (χ4v) is 7.18. The van der Waals surface area contributed by atoms with Gasteiger partial charge in [-0.15, -0.1) is 0 Å². The highest BCUT2D eigenvalue weighted by Gasteiger charge is 2.49. The largest absolute Gasteiger partial charge is 0.392 e. The molecule has 0 aromatic carbocycles. The van der Waals surface area contributed by atoms with Crippen LogP contribution in [0.15, 0.2) is 4.99 Å². The van der Waals surface area contributed by atoms with Gasteiger partial charge in [-0.25, -0.2) is 8.42 Å². The fraction of sp³-hybridized carbons (Fsp3) is 0.947. The minimum atomic E-state index is -3.04. The number of rotatable bonds is 2. The third kappa shape index (κ3) is 3.75. The molecule has 0 amide bonds. The standard InChI is InChI=1S/C19H35N3O3S/c1-18(9-7-4-8-16(18)23)14-21-17(20-2)22-12-13-26(24,25)19(15-22)10-5-3-6-11-19/h16,23H,3-15H2,1-2H3,(H,20,21). The molecular formula is C19H35N3O3S. The van der Waals surface area contributed by atoms with E-state index in [2.05, 4.69) is 22.1 Å². The van der Waals surface area contributed by atoms with E-state index in [-0.39, 0.29) is 17.3 Å². The molecule has 1 spiro atoms. The lowest BCUT2D eigenvalue weighted by molar-refractivity contribution is 0.00361. The van der Waals surface area contributed by atoms with Gasteiger partial charge in [0.05, 0.1) is 16.6 Å². The highest BCUT2D eigenvalue weighted by atomic mass is 32.2. The first-order valence-corrected chi connectivity index (χ1v) is 11.8. The van der Waals surface area contributed by atoms with E-state index < -0.39 is 14.6 Å². The quantitative estimate of drug-likeness (QED) is 0.561. The number of aliphatic hydroxyl groups is 1. The number of hydrogen-bond donors (Lipinski definition) is 2. The predicted octanol–water partition coefficient (Wildman–Crippen LogP) is 1.94. The van der Waals surface area contributed by atoms with Gasteiger partial charge in [-0.2, -0.15) is 0 Å². The minimum Gasteiger partial charge on any atom is -0.392 e. The lowest BCUT2D eigenvalue weighted by Crippen LogP contribution is -2.61. The first kappa shape index (κ1) is 19.9. The van der Waals surface area contributed by atoms with Crippen LogP contribution >= 0.6 is 0 Å². The molecule has 26 heavy (non-hydrogen) atoms. The zero-order valence-electron chi connectivity index (χ0n) is 16.3. The van der Waals surface area contributed by atoms with E-state index in [1.54, 1.807) is 7.05 Å². The van der Waals surface area contributed by atoms with Crippen LogP contribution in [0.2, 0.25) is 0 Å². The number of guanidine groups is 1. The third-order valence-corrected chi connectivity index (χ3v) is 9.55. The predicted molar refractivity (Wildman–Crippen MR) is 105 cm³/mol. The smallest absolute Gasteiger partial charge is 0.193 e. The van der Waals surface area contributed by atoms with Gasteiger partial charge in [0.2, 0.25) is 0 Å². The van der Waals surface area contributed by atoms with Crippen LogP contribution in [0.5, 0.6) is 0 Å². The second kappa shape index (κ2) is 7.66. The van der Waals surface area contributed by atoms with Crippen molar-refractivity contribution in [1.82, 2.24) is 10.2 Å². The van der Waals surface area contributed by atoms with E-state index in [9.17, 15) is 13.5 Å². The van der Waals surface area contributed by atoms with E-state index in [0.29, 0.717) is 19.6 Å². The van der Waals surface area contributed by atoms with Crippen LogP contribution in [-0.2, 0) is 9.84 Å². The van der Waals surface area contributed by atoms with Crippen molar-refractivity contribution in [1.29, 1.82) is 0 Å². The van der Waals surface area contributed by atoms with Gasteiger partial charge in [-0.3, -0.25) is 4.99 Å². The highest BCUT2D eigenvalue weighted by Crippen LogP contribution is 2.39. The van der Waals surface area contributed by atoms with E-state index in [4.69, 9.17) is 0 Å². The summed E-state index contributed by atoms with van der Waals surface area (Å²) in [6, 6.07) is 0. The Labute approximate surface area is 158 Å². The average Bonchev–Trinajstić information content (AvgIpc) is 2.62. The van der Waals surface area contributed by atoms with Crippen LogP contribution in [0.3, 0.4) is 0 Å². The zero-order valence-corrected chi connectivity index (χ0v) is 17.2. The van der Waals surface area contributed by atoms with Gasteiger partial charge in [0.1, 0.15) is 0 Å². The van der Waals surface area contributed by atoms with Gasteiger partial charge in [-0.05, 0) is 25.7 Å². The van der Waals surface area contributed by atoms with Crippen LogP contribution in [0, 0.1) is 5.41 Å². The molecule has 2 saturated carbocycles. The van der Waals surface area contributed by atoms with Gasteiger partial charge < -0.3 is 15.3 Å². The average molecular weight is 386 g/mol. The van der Waals surface area contributed by atoms with E-state index in [0.717, 1.165) is 63.7 Å². The molecule has 150 valence electrons. The summed E-state index contributed by atoms with van der Waals surface area (Å²) in [6.07, 6.45) is 8.54. The van der Waals surface area contributed by atoms with Gasteiger partial charge in [-0.1, -0.05) is 39.0 Å².